The molecule has 0 spiro atoms. The Labute approximate surface area is 232 Å². The van der Waals surface area contributed by atoms with E-state index in [4.69, 9.17) is 4.74 Å². The molecule has 0 N–H and O–H groups in total. The van der Waals surface area contributed by atoms with Gasteiger partial charge in [0.2, 0.25) is 0 Å². The Bertz CT molecular complexity index is 735. The van der Waals surface area contributed by atoms with Crippen molar-refractivity contribution >= 4 is 21.9 Å². The molecular formula is C33H57BrO2. The second kappa shape index (κ2) is 12.0. The SMILES string of the molecule is CC[C@H](CC[C@@H](C)[C@H]1CCC2C3CC[C@H]4C[C@@H](OC(=O)CCCBr)CC[C@]4(C)C3CC[C@@]21C)C(C)C. The number of hydrogen-bond donors (Lipinski definition) is 0. The van der Waals surface area contributed by atoms with E-state index in [1.165, 1.54) is 64.2 Å². The Morgan fingerprint density at radius 3 is 2.36 bits per heavy atom. The van der Waals surface area contributed by atoms with Crippen molar-refractivity contribution < 1.29 is 9.53 Å². The van der Waals surface area contributed by atoms with Crippen molar-refractivity contribution in [1.29, 1.82) is 0 Å². The second-order valence-electron chi connectivity index (χ2n) is 14.5. The lowest BCUT2D eigenvalue weighted by Gasteiger charge is -2.61. The van der Waals surface area contributed by atoms with Gasteiger partial charge < -0.3 is 4.74 Å². The van der Waals surface area contributed by atoms with Gasteiger partial charge in [-0.1, -0.05) is 70.3 Å². The number of fused-ring (bicyclic) bond motifs is 5. The highest BCUT2D eigenvalue weighted by atomic mass is 79.9. The van der Waals surface area contributed by atoms with Crippen molar-refractivity contribution in [3.63, 3.8) is 0 Å². The van der Waals surface area contributed by atoms with Gasteiger partial charge in [-0.25, -0.2) is 0 Å². The molecule has 0 aliphatic heterocycles. The predicted octanol–water partition coefficient (Wildman–Crippen LogP) is 9.83. The third-order valence-corrected chi connectivity index (χ3v) is 13.2. The summed E-state index contributed by atoms with van der Waals surface area (Å²) < 4.78 is 5.95. The van der Waals surface area contributed by atoms with Crippen LogP contribution in [0.3, 0.4) is 0 Å². The van der Waals surface area contributed by atoms with Gasteiger partial charge in [0.15, 0.2) is 0 Å². The fourth-order valence-electron chi connectivity index (χ4n) is 10.4. The maximum atomic E-state index is 12.3. The monoisotopic (exact) mass is 564 g/mol. The lowest BCUT2D eigenvalue weighted by Crippen LogP contribution is -2.54. The molecule has 10 atom stereocenters. The first kappa shape index (κ1) is 28.9. The minimum atomic E-state index is 0.0231. The van der Waals surface area contributed by atoms with Crippen LogP contribution >= 0.6 is 15.9 Å². The third kappa shape index (κ3) is 5.62. The van der Waals surface area contributed by atoms with Gasteiger partial charge in [0.25, 0.3) is 0 Å². The highest BCUT2D eigenvalue weighted by molar-refractivity contribution is 9.09. The van der Waals surface area contributed by atoms with Crippen molar-refractivity contribution in [2.75, 3.05) is 5.33 Å². The number of alkyl halides is 1. The minimum absolute atomic E-state index is 0.0231. The van der Waals surface area contributed by atoms with E-state index in [9.17, 15) is 4.79 Å². The molecule has 0 bridgehead atoms. The van der Waals surface area contributed by atoms with E-state index in [1.54, 1.807) is 0 Å². The molecule has 0 aromatic rings. The number of carbonyl (C=O) groups excluding carboxylic acids is 1. The Kier molecular flexibility index (Phi) is 9.64. The molecule has 0 radical (unpaired) electrons. The van der Waals surface area contributed by atoms with E-state index < -0.39 is 0 Å². The second-order valence-corrected chi connectivity index (χ2v) is 15.3. The van der Waals surface area contributed by atoms with Crippen molar-refractivity contribution in [3.8, 4) is 0 Å². The van der Waals surface area contributed by atoms with Crippen molar-refractivity contribution in [3.05, 3.63) is 0 Å². The number of esters is 1. The van der Waals surface area contributed by atoms with Gasteiger partial charge in [-0.2, -0.15) is 0 Å². The summed E-state index contributed by atoms with van der Waals surface area (Å²) in [5.74, 6) is 7.13. The summed E-state index contributed by atoms with van der Waals surface area (Å²) in [5.41, 5.74) is 1.05. The van der Waals surface area contributed by atoms with Gasteiger partial charge in [0.05, 0.1) is 0 Å². The fraction of sp³-hybridized carbons (Fsp3) is 0.970. The Morgan fingerprint density at radius 1 is 0.944 bits per heavy atom. The number of hydrogen-bond acceptors (Lipinski definition) is 2. The zero-order valence-electron chi connectivity index (χ0n) is 24.5. The molecule has 0 amide bonds. The van der Waals surface area contributed by atoms with Crippen LogP contribution in [0.25, 0.3) is 0 Å². The van der Waals surface area contributed by atoms with Crippen LogP contribution in [-0.2, 0) is 9.53 Å². The first-order valence-electron chi connectivity index (χ1n) is 15.9. The maximum Gasteiger partial charge on any atom is 0.306 e. The van der Waals surface area contributed by atoms with Crippen molar-refractivity contribution in [2.24, 2.45) is 58.2 Å². The van der Waals surface area contributed by atoms with Gasteiger partial charge in [-0.3, -0.25) is 4.79 Å². The van der Waals surface area contributed by atoms with Crippen LogP contribution < -0.4 is 0 Å². The van der Waals surface area contributed by atoms with Crippen molar-refractivity contribution in [1.82, 2.24) is 0 Å². The summed E-state index contributed by atoms with van der Waals surface area (Å²) in [7, 11) is 0. The summed E-state index contributed by atoms with van der Waals surface area (Å²) >= 11 is 3.44. The molecule has 36 heavy (non-hydrogen) atoms. The summed E-state index contributed by atoms with van der Waals surface area (Å²) in [6.07, 6.45) is 18.0. The van der Waals surface area contributed by atoms with Crippen molar-refractivity contribution in [2.45, 2.75) is 138 Å². The molecule has 4 aliphatic rings. The summed E-state index contributed by atoms with van der Waals surface area (Å²) in [6.45, 7) is 15.2. The molecule has 4 saturated carbocycles. The average molecular weight is 566 g/mol. The normalized spacial score (nSPS) is 41.8. The zero-order chi connectivity index (χ0) is 26.1. The van der Waals surface area contributed by atoms with Crippen LogP contribution in [0.5, 0.6) is 0 Å². The topological polar surface area (TPSA) is 26.3 Å². The molecular weight excluding hydrogens is 508 g/mol. The zero-order valence-corrected chi connectivity index (χ0v) is 26.1. The molecule has 0 heterocycles. The molecule has 0 aromatic heterocycles. The van der Waals surface area contributed by atoms with Gasteiger partial charge in [-0.05, 0) is 129 Å². The highest BCUT2D eigenvalue weighted by Crippen LogP contribution is 2.68. The highest BCUT2D eigenvalue weighted by Gasteiger charge is 2.60. The molecule has 4 aliphatic carbocycles. The third-order valence-electron chi connectivity index (χ3n) is 12.7. The molecule has 0 saturated heterocycles. The quantitative estimate of drug-likeness (QED) is 0.195. The predicted molar refractivity (Wildman–Crippen MR) is 155 cm³/mol. The van der Waals surface area contributed by atoms with Gasteiger partial charge in [0.1, 0.15) is 6.10 Å². The van der Waals surface area contributed by atoms with E-state index in [1.807, 2.05) is 0 Å². The first-order valence-corrected chi connectivity index (χ1v) is 17.0. The van der Waals surface area contributed by atoms with Crippen LogP contribution in [-0.4, -0.2) is 17.4 Å². The van der Waals surface area contributed by atoms with Crippen LogP contribution in [0.2, 0.25) is 0 Å². The molecule has 3 unspecified atom stereocenters. The van der Waals surface area contributed by atoms with E-state index in [0.29, 0.717) is 17.3 Å². The van der Waals surface area contributed by atoms with Gasteiger partial charge >= 0.3 is 5.97 Å². The summed E-state index contributed by atoms with van der Waals surface area (Å²) in [5, 5.41) is 0.882. The van der Waals surface area contributed by atoms with Crippen LogP contribution in [0.15, 0.2) is 0 Å². The Balaban J connectivity index is 1.38. The van der Waals surface area contributed by atoms with E-state index in [-0.39, 0.29) is 12.1 Å². The first-order chi connectivity index (χ1) is 17.1. The van der Waals surface area contributed by atoms with Gasteiger partial charge in [0, 0.05) is 11.8 Å². The summed E-state index contributed by atoms with van der Waals surface area (Å²) in [6, 6.07) is 0. The number of rotatable bonds is 10. The molecule has 4 fully saturated rings. The smallest absolute Gasteiger partial charge is 0.306 e. The number of ether oxygens (including phenoxy) is 1. The largest absolute Gasteiger partial charge is 0.462 e. The van der Waals surface area contributed by atoms with Crippen LogP contribution in [0, 0.1) is 58.2 Å². The molecule has 208 valence electrons. The lowest BCUT2D eigenvalue weighted by atomic mass is 9.44. The Hall–Kier alpha value is -0.0500. The number of halogens is 1. The van der Waals surface area contributed by atoms with Gasteiger partial charge in [-0.15, -0.1) is 0 Å². The van der Waals surface area contributed by atoms with E-state index in [0.717, 1.165) is 71.9 Å². The molecule has 4 rings (SSSR count). The maximum absolute atomic E-state index is 12.3. The van der Waals surface area contributed by atoms with E-state index in [2.05, 4.69) is 57.5 Å². The van der Waals surface area contributed by atoms with E-state index >= 15 is 0 Å². The van der Waals surface area contributed by atoms with Crippen LogP contribution in [0.4, 0.5) is 0 Å². The average Bonchev–Trinajstić information content (AvgIpc) is 3.20. The summed E-state index contributed by atoms with van der Waals surface area (Å²) in [4.78, 5) is 12.3. The minimum Gasteiger partial charge on any atom is -0.462 e. The number of carbonyl (C=O) groups is 1. The fourth-order valence-corrected chi connectivity index (χ4v) is 10.7. The molecule has 3 heteroatoms. The Morgan fingerprint density at radius 2 is 1.67 bits per heavy atom. The van der Waals surface area contributed by atoms with Crippen LogP contribution in [0.1, 0.15) is 131 Å². The lowest BCUT2D eigenvalue weighted by molar-refractivity contribution is -0.162. The molecule has 2 nitrogen and oxygen atoms in total. The molecule has 0 aromatic carbocycles. The standard InChI is InChI=1S/C33H57BrO2/c1-7-24(22(2)3)11-10-23(4)28-14-15-29-27-13-12-25-21-26(36-31(35)9-8-20-34)16-18-32(25,5)30(27)17-19-33(28,29)6/h22-30H,7-21H2,1-6H3/t23-,24-,25+,26+,27?,28-,29?,30?,32+,33-/m1/s1.